The number of likely N-dealkylation sites (N-methyl/N-ethyl adjacent to an activating group) is 1. The van der Waals surface area contributed by atoms with Crippen molar-refractivity contribution in [2.45, 2.75) is 13.5 Å². The molecule has 138 valence electrons. The molecule has 1 amide bonds. The van der Waals surface area contributed by atoms with Crippen LogP contribution in [0.2, 0.25) is 0 Å². The van der Waals surface area contributed by atoms with Crippen LogP contribution in [0.5, 0.6) is 0 Å². The number of thiophene rings is 1. The van der Waals surface area contributed by atoms with Crippen molar-refractivity contribution < 1.29 is 14.5 Å². The van der Waals surface area contributed by atoms with Gasteiger partial charge in [0.25, 0.3) is 5.91 Å². The molecule has 5 nitrogen and oxygen atoms in total. The Morgan fingerprint density at radius 1 is 1.15 bits per heavy atom. The fourth-order valence-electron chi connectivity index (χ4n) is 3.26. The molecule has 1 aliphatic heterocycles. The molecule has 1 aliphatic rings. The molecule has 0 atom stereocenters. The first-order valence-corrected chi connectivity index (χ1v) is 9.92. The van der Waals surface area contributed by atoms with Gasteiger partial charge in [-0.3, -0.25) is 9.59 Å². The quantitative estimate of drug-likeness (QED) is 0.778. The van der Waals surface area contributed by atoms with Crippen molar-refractivity contribution >= 4 is 28.7 Å². The van der Waals surface area contributed by atoms with E-state index in [1.165, 1.54) is 10.5 Å². The van der Waals surface area contributed by atoms with Gasteiger partial charge in [-0.1, -0.05) is 0 Å². The Hall–Kier alpha value is -2.18. The number of quaternary nitrogens is 1. The second kappa shape index (κ2) is 8.47. The minimum absolute atomic E-state index is 0.0934. The molecule has 0 aliphatic carbocycles. The average Bonchev–Trinajstić information content (AvgIpc) is 3.15. The molecular weight excluding hydrogens is 346 g/mol. The van der Waals surface area contributed by atoms with Crippen molar-refractivity contribution in [3.63, 3.8) is 0 Å². The van der Waals surface area contributed by atoms with Crippen LogP contribution in [-0.4, -0.2) is 56.4 Å². The number of ketones is 1. The number of carbonyl (C=O) groups is 2. The number of piperazine rings is 1. The van der Waals surface area contributed by atoms with Gasteiger partial charge < -0.3 is 14.7 Å². The summed E-state index contributed by atoms with van der Waals surface area (Å²) in [6.07, 6.45) is 0. The molecule has 2 aromatic rings. The molecule has 6 heteroatoms. The van der Waals surface area contributed by atoms with Gasteiger partial charge in [-0.05, 0) is 53.6 Å². The summed E-state index contributed by atoms with van der Waals surface area (Å²) < 4.78 is 0. The number of carbonyl (C=O) groups excluding carboxylic acids is 2. The first-order valence-electron chi connectivity index (χ1n) is 8.97. The Kier molecular flexibility index (Phi) is 6.06. The highest BCUT2D eigenvalue weighted by molar-refractivity contribution is 7.07. The maximum absolute atomic E-state index is 12.5. The average molecular weight is 373 g/mol. The van der Waals surface area contributed by atoms with E-state index in [-0.39, 0.29) is 11.7 Å². The summed E-state index contributed by atoms with van der Waals surface area (Å²) in [7, 11) is 1.88. The smallest absolute Gasteiger partial charge is 0.277 e. The van der Waals surface area contributed by atoms with Gasteiger partial charge in [0.1, 0.15) is 0 Å². The van der Waals surface area contributed by atoms with Gasteiger partial charge >= 0.3 is 0 Å². The predicted octanol–water partition coefficient (Wildman–Crippen LogP) is 1.31. The Balaban J connectivity index is 1.47. The van der Waals surface area contributed by atoms with Crippen LogP contribution in [0.1, 0.15) is 22.8 Å². The van der Waals surface area contributed by atoms with Gasteiger partial charge in [-0.25, -0.2) is 0 Å². The molecular formula is C20H26N3O2S+. The lowest BCUT2D eigenvalue weighted by Gasteiger charge is -2.34. The molecule has 1 fully saturated rings. The largest absolute Gasteiger partial charge is 0.360 e. The van der Waals surface area contributed by atoms with Gasteiger partial charge in [0.15, 0.2) is 12.3 Å². The van der Waals surface area contributed by atoms with E-state index in [0.717, 1.165) is 37.4 Å². The molecule has 1 N–H and O–H groups in total. The number of nitrogens with one attached hydrogen (secondary N) is 1. The Bertz CT molecular complexity index is 735. The van der Waals surface area contributed by atoms with Crippen molar-refractivity contribution in [2.24, 2.45) is 0 Å². The first-order chi connectivity index (χ1) is 12.5. The monoisotopic (exact) mass is 372 g/mol. The van der Waals surface area contributed by atoms with Crippen molar-refractivity contribution in [1.82, 2.24) is 4.90 Å². The van der Waals surface area contributed by atoms with E-state index >= 15 is 0 Å². The van der Waals surface area contributed by atoms with Crippen LogP contribution in [0, 0.1) is 0 Å². The van der Waals surface area contributed by atoms with Gasteiger partial charge in [0.2, 0.25) is 0 Å². The van der Waals surface area contributed by atoms with E-state index in [1.807, 2.05) is 41.6 Å². The molecule has 1 aromatic carbocycles. The van der Waals surface area contributed by atoms with E-state index in [4.69, 9.17) is 0 Å². The van der Waals surface area contributed by atoms with Crippen LogP contribution >= 0.6 is 11.3 Å². The van der Waals surface area contributed by atoms with Gasteiger partial charge in [-0.15, -0.1) is 0 Å². The van der Waals surface area contributed by atoms with E-state index in [0.29, 0.717) is 13.1 Å². The van der Waals surface area contributed by atoms with E-state index in [1.54, 1.807) is 18.3 Å². The van der Waals surface area contributed by atoms with E-state index < -0.39 is 0 Å². The number of Topliss-reactive ketones (excluding diaryl/α,β-unsaturated/α-hetero) is 1. The zero-order valence-electron chi connectivity index (χ0n) is 15.4. The first kappa shape index (κ1) is 18.6. The van der Waals surface area contributed by atoms with E-state index in [2.05, 4.69) is 16.3 Å². The highest BCUT2D eigenvalue weighted by atomic mass is 32.1. The summed E-state index contributed by atoms with van der Waals surface area (Å²) in [6, 6.07) is 9.88. The maximum Gasteiger partial charge on any atom is 0.277 e. The Morgan fingerprint density at radius 2 is 1.85 bits per heavy atom. The summed E-state index contributed by atoms with van der Waals surface area (Å²) in [6.45, 7) is 6.58. The van der Waals surface area contributed by atoms with Crippen molar-refractivity contribution in [3.8, 4) is 0 Å². The minimum atomic E-state index is 0.0934. The van der Waals surface area contributed by atoms with Crippen LogP contribution in [0.4, 0.5) is 5.69 Å². The van der Waals surface area contributed by atoms with Crippen LogP contribution < -0.4 is 9.80 Å². The third kappa shape index (κ3) is 4.71. The normalized spacial score (nSPS) is 15.1. The van der Waals surface area contributed by atoms with Crippen LogP contribution in [-0.2, 0) is 11.3 Å². The molecule has 0 unspecified atom stereocenters. The molecule has 0 saturated carbocycles. The lowest BCUT2D eigenvalue weighted by Crippen LogP contribution is -3.15. The Morgan fingerprint density at radius 3 is 2.42 bits per heavy atom. The van der Waals surface area contributed by atoms with Crippen molar-refractivity contribution in [1.29, 1.82) is 0 Å². The summed E-state index contributed by atoms with van der Waals surface area (Å²) in [5.41, 5.74) is 3.09. The summed E-state index contributed by atoms with van der Waals surface area (Å²) >= 11 is 1.66. The number of nitrogens with zero attached hydrogens (tertiary/aromatic N) is 2. The van der Waals surface area contributed by atoms with Crippen LogP contribution in [0.25, 0.3) is 0 Å². The molecule has 2 heterocycles. The molecule has 3 rings (SSSR count). The molecule has 0 spiro atoms. The summed E-state index contributed by atoms with van der Waals surface area (Å²) in [4.78, 5) is 29.3. The maximum atomic E-state index is 12.5. The second-order valence-corrected chi connectivity index (χ2v) is 7.68. The lowest BCUT2D eigenvalue weighted by atomic mass is 10.1. The zero-order valence-corrected chi connectivity index (χ0v) is 16.2. The van der Waals surface area contributed by atoms with Crippen molar-refractivity contribution in [3.05, 3.63) is 52.2 Å². The molecule has 1 aromatic heterocycles. The third-order valence-electron chi connectivity index (χ3n) is 4.94. The number of benzene rings is 1. The molecule has 1 saturated heterocycles. The second-order valence-electron chi connectivity index (χ2n) is 6.90. The number of rotatable bonds is 6. The Labute approximate surface area is 158 Å². The van der Waals surface area contributed by atoms with E-state index in [9.17, 15) is 9.59 Å². The standard InChI is InChI=1S/C20H25N3O2S/c1-16(24)18-3-5-19(6-4-18)23-10-8-22(9-11-23)14-20(25)21(2)13-17-7-12-26-15-17/h3-7,12,15H,8-11,13-14H2,1-2H3/p+1. The highest BCUT2D eigenvalue weighted by Gasteiger charge is 2.24. The highest BCUT2D eigenvalue weighted by Crippen LogP contribution is 2.15. The minimum Gasteiger partial charge on any atom is -0.360 e. The molecule has 26 heavy (non-hydrogen) atoms. The number of anilines is 1. The topological polar surface area (TPSA) is 45.1 Å². The fourth-order valence-corrected chi connectivity index (χ4v) is 3.92. The number of amides is 1. The van der Waals surface area contributed by atoms with Gasteiger partial charge in [-0.2, -0.15) is 11.3 Å². The zero-order chi connectivity index (χ0) is 18.5. The summed E-state index contributed by atoms with van der Waals surface area (Å²) in [5, 5.41) is 4.13. The SMILES string of the molecule is CC(=O)c1ccc(N2CC[NH+](CC(=O)N(C)Cc3ccsc3)CC2)cc1. The van der Waals surface area contributed by atoms with Gasteiger partial charge in [0.05, 0.1) is 26.2 Å². The van der Waals surface area contributed by atoms with Crippen molar-refractivity contribution in [2.75, 3.05) is 44.7 Å². The summed E-state index contributed by atoms with van der Waals surface area (Å²) in [5.74, 6) is 0.293. The number of hydrogen-bond acceptors (Lipinski definition) is 4. The predicted molar refractivity (Wildman–Crippen MR) is 105 cm³/mol. The fraction of sp³-hybridized carbons (Fsp3) is 0.400. The number of hydrogen-bond donors (Lipinski definition) is 1. The molecule has 0 radical (unpaired) electrons. The molecule has 0 bridgehead atoms. The lowest BCUT2D eigenvalue weighted by molar-refractivity contribution is -0.892. The van der Waals surface area contributed by atoms with Crippen LogP contribution in [0.15, 0.2) is 41.1 Å². The third-order valence-corrected chi connectivity index (χ3v) is 5.67. The van der Waals surface area contributed by atoms with Gasteiger partial charge in [0, 0.05) is 24.8 Å². The van der Waals surface area contributed by atoms with Crippen LogP contribution in [0.3, 0.4) is 0 Å².